The lowest BCUT2D eigenvalue weighted by atomic mass is 9.90. The third kappa shape index (κ3) is 6.28. The predicted octanol–water partition coefficient (Wildman–Crippen LogP) is 16.7. The van der Waals surface area contributed by atoms with Gasteiger partial charge in [0.25, 0.3) is 0 Å². The summed E-state index contributed by atoms with van der Waals surface area (Å²) in [6.45, 7) is 6.60. The summed E-state index contributed by atoms with van der Waals surface area (Å²) in [6, 6.07) is 69.4. The van der Waals surface area contributed by atoms with E-state index in [2.05, 4.69) is 219 Å². The Morgan fingerprint density at radius 2 is 1.11 bits per heavy atom. The topological polar surface area (TPSA) is 27.3 Å². The van der Waals surface area contributed by atoms with Gasteiger partial charge in [-0.15, -0.1) is 0 Å². The Morgan fingerprint density at radius 3 is 1.94 bits per heavy atom. The molecule has 62 heavy (non-hydrogen) atoms. The molecule has 0 saturated heterocycles. The van der Waals surface area contributed by atoms with E-state index in [-0.39, 0.29) is 0 Å². The van der Waals surface area contributed by atoms with Gasteiger partial charge in [-0.1, -0.05) is 159 Å². The summed E-state index contributed by atoms with van der Waals surface area (Å²) in [6.07, 6.45) is 2.11. The normalized spacial score (nSPS) is 11.6. The van der Waals surface area contributed by atoms with Crippen molar-refractivity contribution in [2.45, 2.75) is 33.6 Å². The molecule has 298 valence electrons. The summed E-state index contributed by atoms with van der Waals surface area (Å²) in [5, 5.41) is 4.57. The summed E-state index contributed by atoms with van der Waals surface area (Å²) in [4.78, 5) is 0. The molecule has 3 nitrogen and oxygen atoms in total. The van der Waals surface area contributed by atoms with Crippen molar-refractivity contribution in [3.8, 4) is 61.7 Å². The largest absolute Gasteiger partial charge is 0.456 e. The van der Waals surface area contributed by atoms with Crippen LogP contribution in [0.15, 0.2) is 199 Å². The third-order valence-corrected chi connectivity index (χ3v) is 12.5. The van der Waals surface area contributed by atoms with Crippen LogP contribution in [-0.4, -0.2) is 4.57 Å². The number of nitrogens with zero attached hydrogens (tertiary/aromatic N) is 1. The van der Waals surface area contributed by atoms with E-state index in [0.29, 0.717) is 0 Å². The van der Waals surface area contributed by atoms with Crippen LogP contribution in [0.1, 0.15) is 30.0 Å². The Labute approximate surface area is 362 Å². The SMILES string of the molecule is CCCc1ccc(-c2ccccc2Oc2c(C)cc3c(oc4c(-c5ccc6c(c5)c5ccccc5n6-c5ccccc5)cccc43)c2-c2ccccc2)cc1-c1ccccc1C. The molecule has 0 N–H and O–H groups in total. The number of benzene rings is 9. The van der Waals surface area contributed by atoms with Crippen LogP contribution in [0.25, 0.3) is 93.9 Å². The number of hydrogen-bond acceptors (Lipinski definition) is 2. The first-order valence-corrected chi connectivity index (χ1v) is 21.6. The highest BCUT2D eigenvalue weighted by molar-refractivity contribution is 6.16. The minimum atomic E-state index is 0.786. The highest BCUT2D eigenvalue weighted by Crippen LogP contribution is 2.48. The minimum Gasteiger partial charge on any atom is -0.456 e. The molecule has 0 bridgehead atoms. The standard InChI is InChI=1S/C59H45NO2/c1-4-18-40-31-32-42(36-50(40)45-24-12-11-19-38(45)2)46-25-14-16-30-55(46)61-57-39(3)35-52-49-28-17-27-47(58(49)62-59(52)56(57)41-20-7-5-8-21-41)43-33-34-54-51(37-43)48-26-13-15-29-53(48)60(54)44-22-9-6-10-23-44/h5-17,19-37H,4,18H2,1-3H3. The van der Waals surface area contributed by atoms with Crippen molar-refractivity contribution >= 4 is 43.7 Å². The zero-order valence-corrected chi connectivity index (χ0v) is 35.2. The van der Waals surface area contributed by atoms with E-state index in [1.165, 1.54) is 44.1 Å². The van der Waals surface area contributed by atoms with E-state index in [4.69, 9.17) is 9.15 Å². The second kappa shape index (κ2) is 15.4. The fraction of sp³-hybridized carbons (Fsp3) is 0.0847. The van der Waals surface area contributed by atoms with Crippen LogP contribution in [0.4, 0.5) is 0 Å². The lowest BCUT2D eigenvalue weighted by Gasteiger charge is -2.19. The van der Waals surface area contributed by atoms with Gasteiger partial charge in [-0.25, -0.2) is 0 Å². The van der Waals surface area contributed by atoms with Gasteiger partial charge in [-0.05, 0) is 113 Å². The Balaban J connectivity index is 1.07. The number of hydrogen-bond donors (Lipinski definition) is 0. The number of furan rings is 1. The first-order chi connectivity index (χ1) is 30.6. The maximum Gasteiger partial charge on any atom is 0.147 e. The molecule has 0 fully saturated rings. The van der Waals surface area contributed by atoms with Crippen LogP contribution in [-0.2, 0) is 6.42 Å². The van der Waals surface area contributed by atoms with Crippen molar-refractivity contribution < 1.29 is 9.15 Å². The van der Waals surface area contributed by atoms with Gasteiger partial charge < -0.3 is 13.7 Å². The van der Waals surface area contributed by atoms with Gasteiger partial charge >= 0.3 is 0 Å². The first kappa shape index (κ1) is 37.4. The Bertz CT molecular complexity index is 3460. The lowest BCUT2D eigenvalue weighted by Crippen LogP contribution is -1.96. The van der Waals surface area contributed by atoms with E-state index in [9.17, 15) is 0 Å². The molecule has 2 aromatic heterocycles. The molecule has 0 aliphatic heterocycles. The Morgan fingerprint density at radius 1 is 0.452 bits per heavy atom. The molecule has 3 heteroatoms. The van der Waals surface area contributed by atoms with E-state index in [0.717, 1.165) is 90.9 Å². The van der Waals surface area contributed by atoms with Gasteiger partial charge in [0, 0.05) is 38.4 Å². The molecule has 0 saturated carbocycles. The number of rotatable bonds is 9. The maximum atomic E-state index is 7.21. The van der Waals surface area contributed by atoms with Gasteiger partial charge in [0.2, 0.25) is 0 Å². The van der Waals surface area contributed by atoms with Crippen molar-refractivity contribution in [2.75, 3.05) is 0 Å². The second-order valence-corrected chi connectivity index (χ2v) is 16.4. The van der Waals surface area contributed by atoms with Crippen molar-refractivity contribution in [1.82, 2.24) is 4.57 Å². The molecule has 0 spiro atoms. The van der Waals surface area contributed by atoms with Crippen LogP contribution in [0.5, 0.6) is 11.5 Å². The highest BCUT2D eigenvalue weighted by atomic mass is 16.5. The Kier molecular flexibility index (Phi) is 9.31. The molecule has 0 aliphatic carbocycles. The maximum absolute atomic E-state index is 7.21. The molecule has 0 radical (unpaired) electrons. The zero-order chi connectivity index (χ0) is 41.7. The molecule has 9 aromatic carbocycles. The molecule has 11 rings (SSSR count). The van der Waals surface area contributed by atoms with E-state index >= 15 is 0 Å². The van der Waals surface area contributed by atoms with E-state index < -0.39 is 0 Å². The van der Waals surface area contributed by atoms with Crippen LogP contribution >= 0.6 is 0 Å². The minimum absolute atomic E-state index is 0.786. The number of aromatic nitrogens is 1. The molecule has 0 aliphatic rings. The number of fused-ring (bicyclic) bond motifs is 6. The van der Waals surface area contributed by atoms with Crippen molar-refractivity contribution in [2.24, 2.45) is 0 Å². The highest BCUT2D eigenvalue weighted by Gasteiger charge is 2.24. The van der Waals surface area contributed by atoms with Crippen LogP contribution < -0.4 is 4.74 Å². The van der Waals surface area contributed by atoms with Gasteiger partial charge in [-0.3, -0.25) is 0 Å². The summed E-state index contributed by atoms with van der Waals surface area (Å²) in [5.41, 5.74) is 17.7. The van der Waals surface area contributed by atoms with Crippen LogP contribution in [0.3, 0.4) is 0 Å². The molecular weight excluding hydrogens is 755 g/mol. The molecule has 11 aromatic rings. The molecule has 0 amide bonds. The average molecular weight is 800 g/mol. The predicted molar refractivity (Wildman–Crippen MR) is 260 cm³/mol. The van der Waals surface area contributed by atoms with Crippen molar-refractivity contribution in [3.05, 3.63) is 211 Å². The summed E-state index contributed by atoms with van der Waals surface area (Å²) in [5.74, 6) is 1.58. The van der Waals surface area contributed by atoms with E-state index in [1.807, 2.05) is 0 Å². The fourth-order valence-corrected chi connectivity index (χ4v) is 9.53. The third-order valence-electron chi connectivity index (χ3n) is 12.5. The quantitative estimate of drug-likeness (QED) is 0.145. The fourth-order valence-electron chi connectivity index (χ4n) is 9.53. The zero-order valence-electron chi connectivity index (χ0n) is 35.2. The first-order valence-electron chi connectivity index (χ1n) is 21.6. The number of para-hydroxylation sites is 4. The van der Waals surface area contributed by atoms with Crippen molar-refractivity contribution in [1.29, 1.82) is 0 Å². The second-order valence-electron chi connectivity index (χ2n) is 16.4. The molecular formula is C59H45NO2. The van der Waals surface area contributed by atoms with Gasteiger partial charge in [0.1, 0.15) is 22.7 Å². The molecule has 0 unspecified atom stereocenters. The van der Waals surface area contributed by atoms with Crippen LogP contribution in [0, 0.1) is 13.8 Å². The average Bonchev–Trinajstić information content (AvgIpc) is 3.85. The van der Waals surface area contributed by atoms with Crippen molar-refractivity contribution in [3.63, 3.8) is 0 Å². The summed E-state index contributed by atoms with van der Waals surface area (Å²) >= 11 is 0. The van der Waals surface area contributed by atoms with Crippen LogP contribution in [0.2, 0.25) is 0 Å². The lowest BCUT2D eigenvalue weighted by molar-refractivity contribution is 0.482. The molecule has 2 heterocycles. The van der Waals surface area contributed by atoms with Gasteiger partial charge in [0.05, 0.1) is 16.6 Å². The smallest absolute Gasteiger partial charge is 0.147 e. The van der Waals surface area contributed by atoms with E-state index in [1.54, 1.807) is 0 Å². The summed E-state index contributed by atoms with van der Waals surface area (Å²) in [7, 11) is 0. The summed E-state index contributed by atoms with van der Waals surface area (Å²) < 4.78 is 16.7. The van der Waals surface area contributed by atoms with Gasteiger partial charge in [-0.2, -0.15) is 0 Å². The number of aryl methyl sites for hydroxylation is 3. The number of ether oxygens (including phenoxy) is 1. The Hall–Kier alpha value is -7.62. The monoisotopic (exact) mass is 799 g/mol. The molecule has 0 atom stereocenters. The van der Waals surface area contributed by atoms with Gasteiger partial charge in [0.15, 0.2) is 0 Å².